The number of esters is 1. The average molecular weight is 357 g/mol. The normalized spacial score (nSPS) is 10.3. The predicted octanol–water partition coefficient (Wildman–Crippen LogP) is 3.32. The van der Waals surface area contributed by atoms with E-state index < -0.39 is 17.5 Å². The summed E-state index contributed by atoms with van der Waals surface area (Å²) in [7, 11) is 0. The van der Waals surface area contributed by atoms with Crippen molar-refractivity contribution in [3.63, 3.8) is 0 Å². The Kier molecular flexibility index (Phi) is 6.06. The summed E-state index contributed by atoms with van der Waals surface area (Å²) in [5.74, 6) is -0.674. The molecule has 0 unspecified atom stereocenters. The summed E-state index contributed by atoms with van der Waals surface area (Å²) in [5.41, 5.74) is 3.22. The minimum Gasteiger partial charge on any atom is -0.482 e. The standard InChI is InChI=1S/C19H19NO6/c1-12-8-13(2)19(14(3)9-12)17(21)10-26-18(22)11-25-16-6-4-15(5-7-16)20(23)24/h4-9H,10-11H2,1-3H3. The molecule has 0 saturated carbocycles. The lowest BCUT2D eigenvalue weighted by Crippen LogP contribution is -2.20. The van der Waals surface area contributed by atoms with Gasteiger partial charge in [0, 0.05) is 17.7 Å². The second kappa shape index (κ2) is 8.24. The third kappa shape index (κ3) is 4.89. The minimum atomic E-state index is -0.695. The highest BCUT2D eigenvalue weighted by Crippen LogP contribution is 2.18. The van der Waals surface area contributed by atoms with Gasteiger partial charge < -0.3 is 9.47 Å². The molecule has 0 atom stereocenters. The summed E-state index contributed by atoms with van der Waals surface area (Å²) < 4.78 is 10.2. The maximum atomic E-state index is 12.3. The number of carbonyl (C=O) groups is 2. The van der Waals surface area contributed by atoms with Gasteiger partial charge in [0.1, 0.15) is 5.75 Å². The first-order chi connectivity index (χ1) is 12.3. The Morgan fingerprint density at radius 2 is 1.58 bits per heavy atom. The van der Waals surface area contributed by atoms with Crippen molar-refractivity contribution in [1.82, 2.24) is 0 Å². The molecule has 136 valence electrons. The second-order valence-corrected chi connectivity index (χ2v) is 5.90. The molecule has 2 aromatic rings. The first-order valence-corrected chi connectivity index (χ1v) is 7.92. The van der Waals surface area contributed by atoms with E-state index in [0.717, 1.165) is 16.7 Å². The van der Waals surface area contributed by atoms with Crippen LogP contribution in [-0.2, 0) is 9.53 Å². The van der Waals surface area contributed by atoms with E-state index in [1.807, 2.05) is 32.9 Å². The number of ketones is 1. The lowest BCUT2D eigenvalue weighted by Gasteiger charge is -2.11. The molecule has 0 radical (unpaired) electrons. The zero-order valence-corrected chi connectivity index (χ0v) is 14.8. The van der Waals surface area contributed by atoms with Crippen LogP contribution in [0.15, 0.2) is 36.4 Å². The number of hydrogen-bond acceptors (Lipinski definition) is 6. The fourth-order valence-electron chi connectivity index (χ4n) is 2.69. The Hall–Kier alpha value is -3.22. The molecule has 0 saturated heterocycles. The van der Waals surface area contributed by atoms with Crippen LogP contribution in [0.5, 0.6) is 5.75 Å². The summed E-state index contributed by atoms with van der Waals surface area (Å²) >= 11 is 0. The summed E-state index contributed by atoms with van der Waals surface area (Å²) in [4.78, 5) is 34.1. The molecule has 26 heavy (non-hydrogen) atoms. The molecule has 0 aliphatic rings. The third-order valence-electron chi connectivity index (χ3n) is 3.72. The van der Waals surface area contributed by atoms with E-state index in [-0.39, 0.29) is 18.1 Å². The molecule has 7 heteroatoms. The number of nitrogens with zero attached hydrogens (tertiary/aromatic N) is 1. The van der Waals surface area contributed by atoms with Crippen molar-refractivity contribution in [3.05, 3.63) is 68.8 Å². The lowest BCUT2D eigenvalue weighted by atomic mass is 9.97. The van der Waals surface area contributed by atoms with Crippen LogP contribution in [0.1, 0.15) is 27.0 Å². The van der Waals surface area contributed by atoms with Crippen molar-refractivity contribution >= 4 is 17.4 Å². The summed E-state index contributed by atoms with van der Waals surface area (Å²) in [6.45, 7) is 4.87. The van der Waals surface area contributed by atoms with E-state index in [2.05, 4.69) is 0 Å². The molecule has 0 amide bonds. The highest BCUT2D eigenvalue weighted by atomic mass is 16.6. The monoisotopic (exact) mass is 357 g/mol. The Morgan fingerprint density at radius 1 is 1.00 bits per heavy atom. The number of ether oxygens (including phenoxy) is 2. The van der Waals surface area contributed by atoms with Crippen LogP contribution in [-0.4, -0.2) is 29.9 Å². The van der Waals surface area contributed by atoms with Crippen molar-refractivity contribution in [1.29, 1.82) is 0 Å². The molecular formula is C19H19NO6. The van der Waals surface area contributed by atoms with Crippen LogP contribution < -0.4 is 4.74 Å². The van der Waals surface area contributed by atoms with Crippen LogP contribution >= 0.6 is 0 Å². The average Bonchev–Trinajstić information content (AvgIpc) is 2.57. The predicted molar refractivity (Wildman–Crippen MR) is 94.5 cm³/mol. The highest BCUT2D eigenvalue weighted by Gasteiger charge is 2.15. The SMILES string of the molecule is Cc1cc(C)c(C(=O)COC(=O)COc2ccc([N+](=O)[O-])cc2)c(C)c1. The number of aryl methyl sites for hydroxylation is 3. The van der Waals surface area contributed by atoms with E-state index in [0.29, 0.717) is 11.3 Å². The molecule has 0 spiro atoms. The van der Waals surface area contributed by atoms with Crippen molar-refractivity contribution < 1.29 is 24.0 Å². The van der Waals surface area contributed by atoms with Gasteiger partial charge in [-0.1, -0.05) is 17.7 Å². The Labute approximate surface area is 150 Å². The van der Waals surface area contributed by atoms with E-state index in [9.17, 15) is 19.7 Å². The molecule has 0 bridgehead atoms. The Balaban J connectivity index is 1.87. The van der Waals surface area contributed by atoms with Gasteiger partial charge in [0.15, 0.2) is 13.2 Å². The number of hydrogen-bond donors (Lipinski definition) is 0. The summed E-state index contributed by atoms with van der Waals surface area (Å²) in [6, 6.07) is 9.12. The van der Waals surface area contributed by atoms with E-state index >= 15 is 0 Å². The highest BCUT2D eigenvalue weighted by molar-refractivity contribution is 6.00. The van der Waals surface area contributed by atoms with Gasteiger partial charge in [-0.15, -0.1) is 0 Å². The fourth-order valence-corrected chi connectivity index (χ4v) is 2.69. The summed E-state index contributed by atoms with van der Waals surface area (Å²) in [6.07, 6.45) is 0. The number of benzene rings is 2. The third-order valence-corrected chi connectivity index (χ3v) is 3.72. The molecule has 0 heterocycles. The molecule has 0 aliphatic carbocycles. The molecule has 0 fully saturated rings. The van der Waals surface area contributed by atoms with Crippen LogP contribution in [0.2, 0.25) is 0 Å². The van der Waals surface area contributed by atoms with Crippen LogP contribution in [0.4, 0.5) is 5.69 Å². The van der Waals surface area contributed by atoms with Crippen LogP contribution in [0.3, 0.4) is 0 Å². The first-order valence-electron chi connectivity index (χ1n) is 7.92. The van der Waals surface area contributed by atoms with Crippen LogP contribution in [0.25, 0.3) is 0 Å². The van der Waals surface area contributed by atoms with Gasteiger partial charge in [0.05, 0.1) is 4.92 Å². The largest absolute Gasteiger partial charge is 0.482 e. The molecule has 0 aliphatic heterocycles. The number of Topliss-reactive ketones (excluding diaryl/α,β-unsaturated/α-hetero) is 1. The van der Waals surface area contributed by atoms with Gasteiger partial charge in [0.25, 0.3) is 5.69 Å². The molecular weight excluding hydrogens is 338 g/mol. The minimum absolute atomic E-state index is 0.0747. The van der Waals surface area contributed by atoms with Gasteiger partial charge in [-0.3, -0.25) is 14.9 Å². The zero-order valence-electron chi connectivity index (χ0n) is 14.8. The molecule has 0 aromatic heterocycles. The van der Waals surface area contributed by atoms with Gasteiger partial charge in [-0.2, -0.15) is 0 Å². The Morgan fingerprint density at radius 3 is 2.12 bits per heavy atom. The maximum Gasteiger partial charge on any atom is 0.344 e. The Bertz CT molecular complexity index is 819. The van der Waals surface area contributed by atoms with Crippen molar-refractivity contribution in [3.8, 4) is 5.75 Å². The zero-order chi connectivity index (χ0) is 19.3. The number of nitro groups is 1. The molecule has 7 nitrogen and oxygen atoms in total. The smallest absolute Gasteiger partial charge is 0.344 e. The van der Waals surface area contributed by atoms with Crippen LogP contribution in [0, 0.1) is 30.9 Å². The van der Waals surface area contributed by atoms with Gasteiger partial charge in [-0.05, 0) is 44.0 Å². The number of carbonyl (C=O) groups excluding carboxylic acids is 2. The topological polar surface area (TPSA) is 95.7 Å². The quantitative estimate of drug-likeness (QED) is 0.326. The lowest BCUT2D eigenvalue weighted by molar-refractivity contribution is -0.384. The van der Waals surface area contributed by atoms with Crippen molar-refractivity contribution in [2.24, 2.45) is 0 Å². The maximum absolute atomic E-state index is 12.3. The number of rotatable bonds is 7. The summed E-state index contributed by atoms with van der Waals surface area (Å²) in [5, 5.41) is 10.6. The van der Waals surface area contributed by atoms with Crippen molar-refractivity contribution in [2.45, 2.75) is 20.8 Å². The number of nitro benzene ring substituents is 1. The first kappa shape index (κ1) is 19.1. The second-order valence-electron chi connectivity index (χ2n) is 5.90. The van der Waals surface area contributed by atoms with Gasteiger partial charge in [0.2, 0.25) is 5.78 Å². The molecule has 2 aromatic carbocycles. The molecule has 0 N–H and O–H groups in total. The van der Waals surface area contributed by atoms with Gasteiger partial charge >= 0.3 is 5.97 Å². The molecule has 2 rings (SSSR count). The van der Waals surface area contributed by atoms with E-state index in [1.54, 1.807) is 0 Å². The van der Waals surface area contributed by atoms with Crippen molar-refractivity contribution in [2.75, 3.05) is 13.2 Å². The van der Waals surface area contributed by atoms with E-state index in [1.165, 1.54) is 24.3 Å². The number of non-ortho nitro benzene ring substituents is 1. The van der Waals surface area contributed by atoms with E-state index in [4.69, 9.17) is 9.47 Å². The fraction of sp³-hybridized carbons (Fsp3) is 0.263. The van der Waals surface area contributed by atoms with Gasteiger partial charge in [-0.25, -0.2) is 4.79 Å².